The Labute approximate surface area is 137 Å². The van der Waals surface area contributed by atoms with Crippen molar-refractivity contribution in [1.82, 2.24) is 5.32 Å². The second kappa shape index (κ2) is 6.54. The van der Waals surface area contributed by atoms with Gasteiger partial charge < -0.3 is 9.47 Å². The molecule has 0 saturated heterocycles. The molecule has 24 heavy (non-hydrogen) atoms. The lowest BCUT2D eigenvalue weighted by Crippen LogP contribution is -2.36. The van der Waals surface area contributed by atoms with Gasteiger partial charge in [-0.15, -0.1) is 0 Å². The van der Waals surface area contributed by atoms with Crippen molar-refractivity contribution in [3.8, 4) is 5.75 Å². The number of amides is 2. The maximum Gasteiger partial charge on any atom is 0.261 e. The highest BCUT2D eigenvalue weighted by atomic mass is 19.1. The van der Waals surface area contributed by atoms with Gasteiger partial charge in [0.05, 0.1) is 18.9 Å². The molecule has 0 radical (unpaired) electrons. The number of hydrogen-bond acceptors (Lipinski definition) is 4. The van der Waals surface area contributed by atoms with Gasteiger partial charge in [-0.2, -0.15) is 0 Å². The molecule has 2 amide bonds. The number of benzene rings is 2. The zero-order valence-corrected chi connectivity index (χ0v) is 12.8. The normalized spacial score (nSPS) is 15.0. The fraction of sp³-hybridized carbons (Fsp3) is 0.111. The number of halogens is 1. The Morgan fingerprint density at radius 2 is 1.88 bits per heavy atom. The Bertz CT molecular complexity index is 845. The number of fused-ring (bicyclic) bond motifs is 1. The summed E-state index contributed by atoms with van der Waals surface area (Å²) in [5.74, 6) is -0.962. The Kier molecular flexibility index (Phi) is 4.29. The summed E-state index contributed by atoms with van der Waals surface area (Å²) in [6, 6.07) is 11.0. The molecule has 0 aromatic heterocycles. The van der Waals surface area contributed by atoms with E-state index in [0.717, 1.165) is 0 Å². The van der Waals surface area contributed by atoms with Crippen molar-refractivity contribution >= 4 is 17.4 Å². The predicted molar refractivity (Wildman–Crippen MR) is 84.6 cm³/mol. The number of carbonyl (C=O) groups is 2. The topological polar surface area (TPSA) is 64.6 Å². The molecule has 0 aliphatic carbocycles. The van der Waals surface area contributed by atoms with Gasteiger partial charge in [-0.05, 0) is 24.3 Å². The lowest BCUT2D eigenvalue weighted by molar-refractivity contribution is -0.114. The molecule has 1 heterocycles. The fourth-order valence-electron chi connectivity index (χ4n) is 2.41. The van der Waals surface area contributed by atoms with Crippen LogP contribution in [0.4, 0.5) is 4.39 Å². The summed E-state index contributed by atoms with van der Waals surface area (Å²) in [4.78, 5) is 23.8. The number of methoxy groups -OCH3 is 1. The minimum atomic E-state index is -0.541. The number of hydrogen-bond donors (Lipinski definition) is 1. The zero-order valence-electron chi connectivity index (χ0n) is 12.8. The summed E-state index contributed by atoms with van der Waals surface area (Å²) < 4.78 is 24.1. The number of rotatable bonds is 4. The second-order valence-corrected chi connectivity index (χ2v) is 5.14. The Balaban J connectivity index is 1.90. The molecule has 1 aliphatic rings. The molecule has 0 spiro atoms. The first-order valence-electron chi connectivity index (χ1n) is 7.19. The smallest absolute Gasteiger partial charge is 0.261 e. The van der Waals surface area contributed by atoms with Crippen LogP contribution in [-0.2, 0) is 16.1 Å². The molecule has 1 N–H and O–H groups in total. The zero-order chi connectivity index (χ0) is 17.1. The van der Waals surface area contributed by atoms with E-state index in [9.17, 15) is 14.0 Å². The molecule has 5 nitrogen and oxygen atoms in total. The maximum atomic E-state index is 13.6. The first-order chi connectivity index (χ1) is 11.6. The summed E-state index contributed by atoms with van der Waals surface area (Å²) in [6.45, 7) is 0.0366. The quantitative estimate of drug-likeness (QED) is 0.533. The monoisotopic (exact) mass is 327 g/mol. The van der Waals surface area contributed by atoms with E-state index < -0.39 is 11.8 Å². The van der Waals surface area contributed by atoms with E-state index in [0.29, 0.717) is 22.4 Å². The van der Waals surface area contributed by atoms with Gasteiger partial charge in [0.2, 0.25) is 0 Å². The molecule has 3 rings (SSSR count). The van der Waals surface area contributed by atoms with Gasteiger partial charge >= 0.3 is 0 Å². The molecule has 0 unspecified atom stereocenters. The van der Waals surface area contributed by atoms with Crippen LogP contribution >= 0.6 is 0 Å². The molecular weight excluding hydrogens is 313 g/mol. The van der Waals surface area contributed by atoms with Crippen LogP contribution in [0.3, 0.4) is 0 Å². The van der Waals surface area contributed by atoms with Gasteiger partial charge in [-0.1, -0.05) is 18.2 Å². The Hall–Kier alpha value is -3.15. The minimum absolute atomic E-state index is 0.0366. The van der Waals surface area contributed by atoms with Crippen LogP contribution < -0.4 is 10.1 Å². The van der Waals surface area contributed by atoms with Crippen LogP contribution in [0.25, 0.3) is 5.57 Å². The van der Waals surface area contributed by atoms with E-state index in [1.54, 1.807) is 36.4 Å². The van der Waals surface area contributed by atoms with E-state index in [1.165, 1.54) is 19.4 Å². The van der Waals surface area contributed by atoms with Crippen molar-refractivity contribution in [3.05, 3.63) is 71.2 Å². The molecule has 6 heteroatoms. The number of nitrogens with one attached hydrogen (secondary N) is 1. The van der Waals surface area contributed by atoms with Gasteiger partial charge in [0.1, 0.15) is 18.2 Å². The standard InChI is InChI=1S/C18H14FNO4/c1-23-10-15-14-8-12(6-7-13(14)17(21)20-18(15)22)24-9-11-4-2-3-5-16(11)19/h2-8,10H,9H2,1H3,(H,20,21,22)/b15-10-. The van der Waals surface area contributed by atoms with Crippen LogP contribution in [0, 0.1) is 5.82 Å². The van der Waals surface area contributed by atoms with Gasteiger partial charge in [0, 0.05) is 16.7 Å². The highest BCUT2D eigenvalue weighted by molar-refractivity contribution is 6.30. The van der Waals surface area contributed by atoms with E-state index in [-0.39, 0.29) is 18.0 Å². The molecular formula is C18H14FNO4. The summed E-state index contributed by atoms with van der Waals surface area (Å²) in [7, 11) is 1.41. The van der Waals surface area contributed by atoms with Crippen molar-refractivity contribution < 1.29 is 23.5 Å². The average molecular weight is 327 g/mol. The van der Waals surface area contributed by atoms with Gasteiger partial charge in [0.15, 0.2) is 0 Å². The first-order valence-corrected chi connectivity index (χ1v) is 7.19. The summed E-state index contributed by atoms with van der Waals surface area (Å²) in [6.07, 6.45) is 1.27. The maximum absolute atomic E-state index is 13.6. The van der Waals surface area contributed by atoms with E-state index >= 15 is 0 Å². The number of carbonyl (C=O) groups excluding carboxylic acids is 2. The van der Waals surface area contributed by atoms with Gasteiger partial charge in [0.25, 0.3) is 11.8 Å². The highest BCUT2D eigenvalue weighted by Crippen LogP contribution is 2.28. The van der Waals surface area contributed by atoms with Crippen molar-refractivity contribution in [2.45, 2.75) is 6.61 Å². The van der Waals surface area contributed by atoms with Crippen molar-refractivity contribution in [1.29, 1.82) is 0 Å². The Morgan fingerprint density at radius 3 is 2.62 bits per heavy atom. The van der Waals surface area contributed by atoms with E-state index in [2.05, 4.69) is 5.32 Å². The van der Waals surface area contributed by atoms with Crippen molar-refractivity contribution in [3.63, 3.8) is 0 Å². The number of imide groups is 1. The molecule has 0 saturated carbocycles. The van der Waals surface area contributed by atoms with Gasteiger partial charge in [-0.25, -0.2) is 4.39 Å². The molecule has 0 bridgehead atoms. The SMILES string of the molecule is CO/C=C1\C(=O)NC(=O)c2ccc(OCc3ccccc3F)cc21. The van der Waals surface area contributed by atoms with Crippen LogP contribution in [0.5, 0.6) is 5.75 Å². The number of ether oxygens (including phenoxy) is 2. The third-order valence-corrected chi connectivity index (χ3v) is 3.59. The minimum Gasteiger partial charge on any atom is -0.504 e. The molecule has 2 aromatic rings. The fourth-order valence-corrected chi connectivity index (χ4v) is 2.41. The summed E-state index contributed by atoms with van der Waals surface area (Å²) in [5.41, 5.74) is 1.40. The third kappa shape index (κ3) is 2.99. The predicted octanol–water partition coefficient (Wildman–Crippen LogP) is 2.66. The van der Waals surface area contributed by atoms with Crippen LogP contribution in [-0.4, -0.2) is 18.9 Å². The largest absolute Gasteiger partial charge is 0.504 e. The van der Waals surface area contributed by atoms with E-state index in [1.807, 2.05) is 0 Å². The summed E-state index contributed by atoms with van der Waals surface area (Å²) >= 11 is 0. The molecule has 2 aromatic carbocycles. The second-order valence-electron chi connectivity index (χ2n) is 5.14. The lowest BCUT2D eigenvalue weighted by Gasteiger charge is -2.19. The highest BCUT2D eigenvalue weighted by Gasteiger charge is 2.28. The van der Waals surface area contributed by atoms with Gasteiger partial charge in [-0.3, -0.25) is 14.9 Å². The molecule has 122 valence electrons. The Morgan fingerprint density at radius 1 is 1.08 bits per heavy atom. The average Bonchev–Trinajstić information content (AvgIpc) is 2.57. The van der Waals surface area contributed by atoms with E-state index in [4.69, 9.17) is 9.47 Å². The lowest BCUT2D eigenvalue weighted by atomic mass is 9.95. The molecule has 1 aliphatic heterocycles. The third-order valence-electron chi connectivity index (χ3n) is 3.59. The van der Waals surface area contributed by atoms with Crippen LogP contribution in [0.15, 0.2) is 48.7 Å². The molecule has 0 atom stereocenters. The van der Waals surface area contributed by atoms with Crippen LogP contribution in [0.1, 0.15) is 21.5 Å². The van der Waals surface area contributed by atoms with Crippen molar-refractivity contribution in [2.24, 2.45) is 0 Å². The van der Waals surface area contributed by atoms with Crippen LogP contribution in [0.2, 0.25) is 0 Å². The van der Waals surface area contributed by atoms with Crippen molar-refractivity contribution in [2.75, 3.05) is 7.11 Å². The first kappa shape index (κ1) is 15.7. The summed E-state index contributed by atoms with van der Waals surface area (Å²) in [5, 5.41) is 2.24. The molecule has 0 fully saturated rings.